The molecule has 0 spiro atoms. The van der Waals surface area contributed by atoms with Crippen molar-refractivity contribution in [1.29, 1.82) is 0 Å². The molecule has 1 aromatic carbocycles. The fourth-order valence-electron chi connectivity index (χ4n) is 1.74. The van der Waals surface area contributed by atoms with E-state index in [4.69, 9.17) is 0 Å². The molecule has 0 radical (unpaired) electrons. The Morgan fingerprint density at radius 1 is 1.47 bits per heavy atom. The topological polar surface area (TPSA) is 24.9 Å². The molecule has 0 aliphatic heterocycles. The molecule has 0 saturated carbocycles. The summed E-state index contributed by atoms with van der Waals surface area (Å²) < 4.78 is 14.7. The van der Waals surface area contributed by atoms with Gasteiger partial charge < -0.3 is 5.32 Å². The molecule has 2 rings (SSSR count). The van der Waals surface area contributed by atoms with Gasteiger partial charge in [0.2, 0.25) is 0 Å². The van der Waals surface area contributed by atoms with Crippen molar-refractivity contribution in [3.05, 3.63) is 39.6 Å². The predicted molar refractivity (Wildman–Crippen MR) is 81.9 cm³/mol. The zero-order chi connectivity index (χ0) is 13.8. The van der Waals surface area contributed by atoms with Gasteiger partial charge in [0.15, 0.2) is 0 Å². The van der Waals surface area contributed by atoms with Crippen LogP contribution in [-0.4, -0.2) is 11.5 Å². The highest BCUT2D eigenvalue weighted by molar-refractivity contribution is 9.10. The second-order valence-corrected chi connectivity index (χ2v) is 6.15. The van der Waals surface area contributed by atoms with Gasteiger partial charge in [-0.05, 0) is 38.1 Å². The lowest BCUT2D eigenvalue weighted by molar-refractivity contribution is 0.561. The molecule has 2 nitrogen and oxygen atoms in total. The SMILES string of the molecule is CCCNC(C)c1csc(-c2cc(Br)ccc2F)n1. The second kappa shape index (κ2) is 6.59. The Bertz CT molecular complexity index is 556. The maximum atomic E-state index is 13.8. The fraction of sp³-hybridized carbons (Fsp3) is 0.357. The molecule has 1 N–H and O–H groups in total. The summed E-state index contributed by atoms with van der Waals surface area (Å²) in [5.41, 5.74) is 1.51. The van der Waals surface area contributed by atoms with E-state index in [1.54, 1.807) is 12.1 Å². The van der Waals surface area contributed by atoms with Gasteiger partial charge in [0.1, 0.15) is 10.8 Å². The number of hydrogen-bond donors (Lipinski definition) is 1. The third kappa shape index (κ3) is 3.61. The van der Waals surface area contributed by atoms with Crippen molar-refractivity contribution < 1.29 is 4.39 Å². The minimum absolute atomic E-state index is 0.195. The summed E-state index contributed by atoms with van der Waals surface area (Å²) in [5.74, 6) is -0.238. The lowest BCUT2D eigenvalue weighted by Crippen LogP contribution is -2.19. The van der Waals surface area contributed by atoms with Crippen LogP contribution in [0, 0.1) is 5.82 Å². The maximum Gasteiger partial charge on any atom is 0.133 e. The standard InChI is InChI=1S/C14H16BrFN2S/c1-3-6-17-9(2)13-8-19-14(18-13)11-7-10(15)4-5-12(11)16/h4-5,7-9,17H,3,6H2,1-2H3. The van der Waals surface area contributed by atoms with Gasteiger partial charge >= 0.3 is 0 Å². The fourth-order valence-corrected chi connectivity index (χ4v) is 3.03. The van der Waals surface area contributed by atoms with Crippen molar-refractivity contribution in [2.45, 2.75) is 26.3 Å². The van der Waals surface area contributed by atoms with Crippen molar-refractivity contribution >= 4 is 27.3 Å². The largest absolute Gasteiger partial charge is 0.309 e. The Balaban J connectivity index is 2.23. The summed E-state index contributed by atoms with van der Waals surface area (Å²) in [5, 5.41) is 6.09. The molecule has 2 aromatic rings. The second-order valence-electron chi connectivity index (χ2n) is 4.38. The first-order valence-corrected chi connectivity index (χ1v) is 7.93. The monoisotopic (exact) mass is 342 g/mol. The summed E-state index contributed by atoms with van der Waals surface area (Å²) >= 11 is 4.84. The summed E-state index contributed by atoms with van der Waals surface area (Å²) in [6.07, 6.45) is 1.08. The summed E-state index contributed by atoms with van der Waals surface area (Å²) in [6, 6.07) is 5.11. The minimum Gasteiger partial charge on any atom is -0.309 e. The highest BCUT2D eigenvalue weighted by Gasteiger charge is 2.13. The van der Waals surface area contributed by atoms with Crippen molar-refractivity contribution in [3.8, 4) is 10.6 Å². The maximum absolute atomic E-state index is 13.8. The molecule has 0 bridgehead atoms. The van der Waals surface area contributed by atoms with Crippen LogP contribution in [0.2, 0.25) is 0 Å². The van der Waals surface area contributed by atoms with Crippen LogP contribution in [0.1, 0.15) is 32.0 Å². The van der Waals surface area contributed by atoms with Crippen LogP contribution in [0.4, 0.5) is 4.39 Å². The third-order valence-corrected chi connectivity index (χ3v) is 4.21. The molecular weight excluding hydrogens is 327 g/mol. The van der Waals surface area contributed by atoms with Crippen molar-refractivity contribution in [3.63, 3.8) is 0 Å². The van der Waals surface area contributed by atoms with Crippen LogP contribution in [0.25, 0.3) is 10.6 Å². The Hall–Kier alpha value is -0.780. The van der Waals surface area contributed by atoms with Crippen molar-refractivity contribution in [2.24, 2.45) is 0 Å². The number of hydrogen-bond acceptors (Lipinski definition) is 3. The van der Waals surface area contributed by atoms with Crippen LogP contribution in [0.5, 0.6) is 0 Å². The van der Waals surface area contributed by atoms with Crippen LogP contribution in [0.15, 0.2) is 28.1 Å². The summed E-state index contributed by atoms with van der Waals surface area (Å²) in [6.45, 7) is 5.16. The summed E-state index contributed by atoms with van der Waals surface area (Å²) in [7, 11) is 0. The highest BCUT2D eigenvalue weighted by Crippen LogP contribution is 2.30. The molecule has 0 aliphatic carbocycles. The number of nitrogens with one attached hydrogen (secondary N) is 1. The normalized spacial score (nSPS) is 12.6. The van der Waals surface area contributed by atoms with E-state index in [2.05, 4.69) is 40.1 Å². The van der Waals surface area contributed by atoms with Crippen molar-refractivity contribution in [2.75, 3.05) is 6.54 Å². The highest BCUT2D eigenvalue weighted by atomic mass is 79.9. The molecule has 0 aliphatic rings. The van der Waals surface area contributed by atoms with E-state index in [0.29, 0.717) is 5.56 Å². The van der Waals surface area contributed by atoms with Gasteiger partial charge in [0.25, 0.3) is 0 Å². The zero-order valence-corrected chi connectivity index (χ0v) is 13.3. The average Bonchev–Trinajstić information content (AvgIpc) is 2.88. The lowest BCUT2D eigenvalue weighted by Gasteiger charge is -2.09. The predicted octanol–water partition coefficient (Wildman–Crippen LogP) is 4.77. The Kier molecular flexibility index (Phi) is 5.07. The summed E-state index contributed by atoms with van der Waals surface area (Å²) in [4.78, 5) is 4.53. The minimum atomic E-state index is -0.238. The van der Waals surface area contributed by atoms with E-state index in [9.17, 15) is 4.39 Å². The first-order chi connectivity index (χ1) is 9.11. The van der Waals surface area contributed by atoms with Gasteiger partial charge in [-0.3, -0.25) is 0 Å². The Morgan fingerprint density at radius 2 is 2.26 bits per heavy atom. The van der Waals surface area contributed by atoms with Crippen molar-refractivity contribution in [1.82, 2.24) is 10.3 Å². The van der Waals surface area contributed by atoms with Gasteiger partial charge in [-0.1, -0.05) is 22.9 Å². The molecule has 1 unspecified atom stereocenters. The van der Waals surface area contributed by atoms with Crippen LogP contribution in [-0.2, 0) is 0 Å². The molecular formula is C14H16BrFN2S. The zero-order valence-electron chi connectivity index (χ0n) is 10.9. The first kappa shape index (κ1) is 14.6. The van der Waals surface area contributed by atoms with Gasteiger partial charge in [-0.15, -0.1) is 11.3 Å². The van der Waals surface area contributed by atoms with E-state index in [0.717, 1.165) is 28.1 Å². The number of aromatic nitrogens is 1. The first-order valence-electron chi connectivity index (χ1n) is 6.26. The average molecular weight is 343 g/mol. The lowest BCUT2D eigenvalue weighted by atomic mass is 10.2. The molecule has 19 heavy (non-hydrogen) atoms. The van der Waals surface area contributed by atoms with Crippen LogP contribution < -0.4 is 5.32 Å². The van der Waals surface area contributed by atoms with Gasteiger partial charge in [0, 0.05) is 21.5 Å². The van der Waals surface area contributed by atoms with Gasteiger partial charge in [0.05, 0.1) is 5.69 Å². The molecule has 5 heteroatoms. The molecule has 1 heterocycles. The Labute approximate surface area is 125 Å². The number of halogens is 2. The smallest absolute Gasteiger partial charge is 0.133 e. The molecule has 1 atom stereocenters. The molecule has 102 valence electrons. The number of rotatable bonds is 5. The molecule has 1 aromatic heterocycles. The molecule has 0 amide bonds. The van der Waals surface area contributed by atoms with E-state index in [1.165, 1.54) is 17.4 Å². The molecule has 0 saturated heterocycles. The van der Waals surface area contributed by atoms with Gasteiger partial charge in [-0.25, -0.2) is 9.37 Å². The van der Waals surface area contributed by atoms with E-state index in [1.807, 2.05) is 5.38 Å². The Morgan fingerprint density at radius 3 is 3.00 bits per heavy atom. The van der Waals surface area contributed by atoms with E-state index >= 15 is 0 Å². The number of benzene rings is 1. The van der Waals surface area contributed by atoms with E-state index in [-0.39, 0.29) is 11.9 Å². The third-order valence-electron chi connectivity index (χ3n) is 2.82. The molecule has 0 fully saturated rings. The van der Waals surface area contributed by atoms with Crippen LogP contribution >= 0.6 is 27.3 Å². The van der Waals surface area contributed by atoms with Gasteiger partial charge in [-0.2, -0.15) is 0 Å². The quantitative estimate of drug-likeness (QED) is 0.846. The number of nitrogens with zero attached hydrogens (tertiary/aromatic N) is 1. The van der Waals surface area contributed by atoms with Crippen LogP contribution in [0.3, 0.4) is 0 Å². The van der Waals surface area contributed by atoms with E-state index < -0.39 is 0 Å². The number of thiazole rings is 1.